The van der Waals surface area contributed by atoms with Gasteiger partial charge in [0.25, 0.3) is 0 Å². The fourth-order valence-corrected chi connectivity index (χ4v) is 5.67. The van der Waals surface area contributed by atoms with E-state index in [2.05, 4.69) is 27.1 Å². The molecule has 3 heterocycles. The second kappa shape index (κ2) is 13.9. The first kappa shape index (κ1) is 29.6. The quantitative estimate of drug-likeness (QED) is 0.194. The summed E-state index contributed by atoms with van der Waals surface area (Å²) in [5, 5.41) is 0. The van der Waals surface area contributed by atoms with E-state index in [1.165, 1.54) is 5.56 Å². The van der Waals surface area contributed by atoms with Gasteiger partial charge in [0.05, 0.1) is 11.9 Å². The second-order valence-corrected chi connectivity index (χ2v) is 11.3. The van der Waals surface area contributed by atoms with Gasteiger partial charge >= 0.3 is 0 Å². The zero-order chi connectivity index (χ0) is 31.0. The second-order valence-electron chi connectivity index (χ2n) is 11.3. The Kier molecular flexibility index (Phi) is 9.16. The number of benzene rings is 3. The van der Waals surface area contributed by atoms with Crippen molar-refractivity contribution in [3.63, 3.8) is 0 Å². The van der Waals surface area contributed by atoms with Crippen LogP contribution in [0.15, 0.2) is 122 Å². The lowest BCUT2D eigenvalue weighted by molar-refractivity contribution is -0.144. The Labute approximate surface area is 263 Å². The van der Waals surface area contributed by atoms with Crippen LogP contribution < -0.4 is 0 Å². The van der Waals surface area contributed by atoms with Crippen LogP contribution in [0, 0.1) is 6.92 Å². The Morgan fingerprint density at radius 3 is 2.36 bits per heavy atom. The number of hydrogen-bond donors (Lipinski definition) is 0. The van der Waals surface area contributed by atoms with Crippen LogP contribution >= 0.6 is 0 Å². The third-order valence-corrected chi connectivity index (χ3v) is 8.18. The predicted octanol–water partition coefficient (Wildman–Crippen LogP) is 6.09. The molecule has 3 aromatic carbocycles. The first-order valence-electron chi connectivity index (χ1n) is 15.2. The molecule has 0 fully saturated rings. The van der Waals surface area contributed by atoms with Crippen molar-refractivity contribution in [2.24, 2.45) is 0 Å². The highest BCUT2D eigenvalue weighted by Gasteiger charge is 2.34. The number of carbonyl (C=O) groups is 2. The smallest absolute Gasteiger partial charge is 0.247 e. The van der Waals surface area contributed by atoms with Crippen molar-refractivity contribution in [3.05, 3.63) is 155 Å². The van der Waals surface area contributed by atoms with Crippen molar-refractivity contribution >= 4 is 17.9 Å². The topological polar surface area (TPSA) is 79.3 Å². The van der Waals surface area contributed by atoms with Crippen molar-refractivity contribution < 1.29 is 9.59 Å². The minimum atomic E-state index is -0.703. The van der Waals surface area contributed by atoms with E-state index in [4.69, 9.17) is 0 Å². The predicted molar refractivity (Wildman–Crippen MR) is 176 cm³/mol. The van der Waals surface area contributed by atoms with Crippen molar-refractivity contribution in [1.82, 2.24) is 24.8 Å². The number of aromatic nitrogens is 3. The first-order chi connectivity index (χ1) is 22.0. The van der Waals surface area contributed by atoms with Gasteiger partial charge in [-0.1, -0.05) is 84.9 Å². The van der Waals surface area contributed by atoms with Gasteiger partial charge in [-0.3, -0.25) is 24.5 Å². The van der Waals surface area contributed by atoms with Gasteiger partial charge in [-0.05, 0) is 53.3 Å². The van der Waals surface area contributed by atoms with Gasteiger partial charge in [-0.25, -0.2) is 0 Å². The molecule has 2 amide bonds. The number of pyridine rings is 1. The molecule has 0 saturated carbocycles. The van der Waals surface area contributed by atoms with Gasteiger partial charge in [-0.15, -0.1) is 0 Å². The molecule has 1 aliphatic rings. The van der Waals surface area contributed by atoms with Gasteiger partial charge in [0.15, 0.2) is 0 Å². The van der Waals surface area contributed by atoms with Gasteiger partial charge in [0, 0.05) is 62.0 Å². The maximum absolute atomic E-state index is 14.5. The summed E-state index contributed by atoms with van der Waals surface area (Å²) in [6, 6.07) is 29.3. The molecule has 0 aliphatic carbocycles. The molecule has 0 spiro atoms. The number of nitrogens with zero attached hydrogens (tertiary/aromatic N) is 5. The van der Waals surface area contributed by atoms with Gasteiger partial charge in [0.1, 0.15) is 6.04 Å². The molecule has 1 atom stereocenters. The number of aryl methyl sites for hydroxylation is 1. The number of hydrogen-bond acceptors (Lipinski definition) is 5. The Bertz CT molecular complexity index is 1770. The standard InChI is InChI=1S/C38H35N5O2/c1-28-11-12-30(24-41-28)15-18-37(44)43(26-31-13-16-33(17-14-31)35-25-39-20-21-40-35)36(23-29-7-3-2-4-8-29)38(45)42-22-19-32-9-5-6-10-34(32)27-42/h2-18,20-21,24-25,36H,19,22-23,26-27H2,1H3. The van der Waals surface area contributed by atoms with Gasteiger partial charge in [0.2, 0.25) is 11.8 Å². The van der Waals surface area contributed by atoms with E-state index in [1.54, 1.807) is 41.8 Å². The fraction of sp³-hybridized carbons (Fsp3) is 0.184. The first-order valence-corrected chi connectivity index (χ1v) is 15.2. The SMILES string of the molecule is Cc1ccc(C=CC(=O)N(Cc2ccc(-c3cnccn3)cc2)C(Cc2ccccc2)C(=O)N2CCc3ccccc3C2)cn1. The minimum Gasteiger partial charge on any atom is -0.336 e. The molecular weight excluding hydrogens is 558 g/mol. The Hall–Kier alpha value is -5.43. The van der Waals surface area contributed by atoms with E-state index in [-0.39, 0.29) is 18.4 Å². The van der Waals surface area contributed by atoms with E-state index in [1.807, 2.05) is 90.7 Å². The third-order valence-electron chi connectivity index (χ3n) is 8.18. The summed E-state index contributed by atoms with van der Waals surface area (Å²) in [7, 11) is 0. The van der Waals surface area contributed by atoms with Gasteiger partial charge < -0.3 is 9.80 Å². The maximum Gasteiger partial charge on any atom is 0.247 e. The summed E-state index contributed by atoms with van der Waals surface area (Å²) < 4.78 is 0. The molecule has 6 rings (SSSR count). The Morgan fingerprint density at radius 1 is 0.844 bits per heavy atom. The highest BCUT2D eigenvalue weighted by molar-refractivity contribution is 5.95. The molecule has 1 aliphatic heterocycles. The van der Waals surface area contributed by atoms with E-state index in [0.29, 0.717) is 19.5 Å². The summed E-state index contributed by atoms with van der Waals surface area (Å²) in [5.74, 6) is -0.288. The van der Waals surface area contributed by atoms with Crippen LogP contribution in [0.4, 0.5) is 0 Å². The van der Waals surface area contributed by atoms with E-state index < -0.39 is 6.04 Å². The number of carbonyl (C=O) groups excluding carboxylic acids is 2. The van der Waals surface area contributed by atoms with E-state index in [9.17, 15) is 9.59 Å². The van der Waals surface area contributed by atoms with Crippen LogP contribution in [0.5, 0.6) is 0 Å². The summed E-state index contributed by atoms with van der Waals surface area (Å²) >= 11 is 0. The van der Waals surface area contributed by atoms with Crippen LogP contribution in [0.25, 0.3) is 17.3 Å². The summed E-state index contributed by atoms with van der Waals surface area (Å²) in [4.78, 5) is 45.2. The molecule has 1 unspecified atom stereocenters. The molecule has 45 heavy (non-hydrogen) atoms. The molecule has 5 aromatic rings. The third kappa shape index (κ3) is 7.39. The number of amides is 2. The zero-order valence-electron chi connectivity index (χ0n) is 25.3. The summed E-state index contributed by atoms with van der Waals surface area (Å²) in [5.41, 5.74) is 7.76. The zero-order valence-corrected chi connectivity index (χ0v) is 25.3. The lowest BCUT2D eigenvalue weighted by atomic mass is 9.97. The van der Waals surface area contributed by atoms with Crippen molar-refractivity contribution in [2.45, 2.75) is 38.9 Å². The minimum absolute atomic E-state index is 0.0525. The Balaban J connectivity index is 1.34. The average molecular weight is 594 g/mol. The van der Waals surface area contributed by atoms with Crippen LogP contribution in [0.1, 0.15) is 33.5 Å². The van der Waals surface area contributed by atoms with Crippen LogP contribution in [0.3, 0.4) is 0 Å². The van der Waals surface area contributed by atoms with Crippen LogP contribution in [-0.2, 0) is 35.5 Å². The lowest BCUT2D eigenvalue weighted by Gasteiger charge is -2.37. The van der Waals surface area contributed by atoms with Crippen LogP contribution in [0.2, 0.25) is 0 Å². The Morgan fingerprint density at radius 2 is 1.62 bits per heavy atom. The highest BCUT2D eigenvalue weighted by atomic mass is 16.2. The van der Waals surface area contributed by atoms with Crippen molar-refractivity contribution in [1.29, 1.82) is 0 Å². The summed E-state index contributed by atoms with van der Waals surface area (Å²) in [6.07, 6.45) is 11.3. The fourth-order valence-electron chi connectivity index (χ4n) is 5.67. The lowest BCUT2D eigenvalue weighted by Crippen LogP contribution is -2.52. The molecule has 2 aromatic heterocycles. The molecular formula is C38H35N5O2. The number of rotatable bonds is 9. The van der Waals surface area contributed by atoms with Gasteiger partial charge in [-0.2, -0.15) is 0 Å². The van der Waals surface area contributed by atoms with E-state index >= 15 is 0 Å². The molecule has 7 heteroatoms. The molecule has 0 bridgehead atoms. The monoisotopic (exact) mass is 593 g/mol. The molecule has 0 N–H and O–H groups in total. The summed E-state index contributed by atoms with van der Waals surface area (Å²) in [6.45, 7) is 3.33. The average Bonchev–Trinajstić information content (AvgIpc) is 3.10. The normalized spacial score (nSPS) is 13.3. The molecule has 7 nitrogen and oxygen atoms in total. The molecule has 224 valence electrons. The largest absolute Gasteiger partial charge is 0.336 e. The molecule has 0 radical (unpaired) electrons. The maximum atomic E-state index is 14.5. The van der Waals surface area contributed by atoms with Crippen LogP contribution in [-0.4, -0.2) is 49.2 Å². The van der Waals surface area contributed by atoms with Crippen molar-refractivity contribution in [3.8, 4) is 11.3 Å². The van der Waals surface area contributed by atoms with Crippen molar-refractivity contribution in [2.75, 3.05) is 6.54 Å². The molecule has 0 saturated heterocycles. The van der Waals surface area contributed by atoms with E-state index in [0.717, 1.165) is 45.6 Å². The highest BCUT2D eigenvalue weighted by Crippen LogP contribution is 2.24. The number of fused-ring (bicyclic) bond motifs is 1.